The van der Waals surface area contributed by atoms with Crippen molar-refractivity contribution in [3.8, 4) is 0 Å². The number of aliphatic hydroxyl groups excluding tert-OH is 2. The number of rotatable bonds is 32. The van der Waals surface area contributed by atoms with Crippen molar-refractivity contribution >= 4 is 19.8 Å². The average Bonchev–Trinajstić information content (AvgIpc) is 3.05. The van der Waals surface area contributed by atoms with Crippen LogP contribution in [0.3, 0.4) is 0 Å². The first-order chi connectivity index (χ1) is 22.7. The Hall–Kier alpha value is -2.07. The van der Waals surface area contributed by atoms with Gasteiger partial charge < -0.3 is 24.6 Å². The molecular weight excluding hydrogens is 623 g/mol. The van der Waals surface area contributed by atoms with Crippen molar-refractivity contribution < 1.29 is 47.8 Å². The second-order valence-corrected chi connectivity index (χ2v) is 13.0. The summed E-state index contributed by atoms with van der Waals surface area (Å²) in [5.41, 5.74) is 0. The largest absolute Gasteiger partial charge is 0.472 e. The predicted octanol–water partition coefficient (Wildman–Crippen LogP) is 8.21. The van der Waals surface area contributed by atoms with E-state index >= 15 is 0 Å². The van der Waals surface area contributed by atoms with Crippen molar-refractivity contribution in [3.63, 3.8) is 0 Å². The third-order valence-corrected chi connectivity index (χ3v) is 7.95. The highest BCUT2D eigenvalue weighted by Gasteiger charge is 2.27. The van der Waals surface area contributed by atoms with E-state index in [9.17, 15) is 24.2 Å². The predicted molar refractivity (Wildman–Crippen MR) is 187 cm³/mol. The van der Waals surface area contributed by atoms with E-state index in [2.05, 4.69) is 67.0 Å². The topological polar surface area (TPSA) is 149 Å². The number of ether oxygens (including phenoxy) is 2. The number of carbonyl (C=O) groups is 2. The van der Waals surface area contributed by atoms with Crippen molar-refractivity contribution in [1.29, 1.82) is 0 Å². The summed E-state index contributed by atoms with van der Waals surface area (Å²) in [7, 11) is -4.62. The number of unbranched alkanes of at least 4 members (excludes halogenated alkanes) is 10. The molecule has 0 spiro atoms. The molecule has 0 fully saturated rings. The molecule has 1 unspecified atom stereocenters. The Labute approximate surface area is 283 Å². The molecule has 0 aromatic carbocycles. The van der Waals surface area contributed by atoms with Crippen molar-refractivity contribution in [2.75, 3.05) is 26.4 Å². The van der Waals surface area contributed by atoms with Crippen LogP contribution in [0.5, 0.6) is 0 Å². The second kappa shape index (κ2) is 32.5. The van der Waals surface area contributed by atoms with Crippen LogP contribution in [0.4, 0.5) is 0 Å². The zero-order chi connectivity index (χ0) is 34.9. The fourth-order valence-electron chi connectivity index (χ4n) is 4.28. The van der Waals surface area contributed by atoms with Gasteiger partial charge >= 0.3 is 19.8 Å². The van der Waals surface area contributed by atoms with Crippen molar-refractivity contribution in [1.82, 2.24) is 0 Å². The summed E-state index contributed by atoms with van der Waals surface area (Å²) in [4.78, 5) is 34.6. The van der Waals surface area contributed by atoms with Gasteiger partial charge in [-0.15, -0.1) is 0 Å². The minimum Gasteiger partial charge on any atom is -0.462 e. The molecule has 0 bridgehead atoms. The maximum absolute atomic E-state index is 12.5. The van der Waals surface area contributed by atoms with Crippen LogP contribution < -0.4 is 0 Å². The van der Waals surface area contributed by atoms with E-state index in [-0.39, 0.29) is 19.4 Å². The van der Waals surface area contributed by atoms with E-state index < -0.39 is 51.8 Å². The van der Waals surface area contributed by atoms with Gasteiger partial charge in [0.15, 0.2) is 6.10 Å². The fourth-order valence-corrected chi connectivity index (χ4v) is 5.07. The van der Waals surface area contributed by atoms with Gasteiger partial charge in [-0.1, -0.05) is 114 Å². The molecule has 0 aromatic rings. The highest BCUT2D eigenvalue weighted by molar-refractivity contribution is 7.47. The molecule has 0 aromatic heterocycles. The Morgan fingerprint density at radius 2 is 1.17 bits per heavy atom. The van der Waals surface area contributed by atoms with Crippen LogP contribution in [-0.2, 0) is 32.7 Å². The quantitative estimate of drug-likeness (QED) is 0.0274. The van der Waals surface area contributed by atoms with Crippen LogP contribution in [0, 0.1) is 0 Å². The summed E-state index contributed by atoms with van der Waals surface area (Å²) < 4.78 is 32.4. The summed E-state index contributed by atoms with van der Waals surface area (Å²) in [6.45, 7) is 2.15. The normalized spacial score (nSPS) is 14.7. The summed E-state index contributed by atoms with van der Waals surface area (Å²) in [6, 6.07) is 0. The Morgan fingerprint density at radius 1 is 0.660 bits per heavy atom. The van der Waals surface area contributed by atoms with E-state index in [4.69, 9.17) is 19.1 Å². The maximum atomic E-state index is 12.5. The first-order valence-electron chi connectivity index (χ1n) is 17.6. The molecule has 47 heavy (non-hydrogen) atoms. The van der Waals surface area contributed by atoms with Gasteiger partial charge in [0, 0.05) is 12.8 Å². The van der Waals surface area contributed by atoms with Gasteiger partial charge in [0.25, 0.3) is 0 Å². The molecule has 3 atom stereocenters. The second-order valence-electron chi connectivity index (χ2n) is 11.5. The Morgan fingerprint density at radius 3 is 1.77 bits per heavy atom. The summed E-state index contributed by atoms with van der Waals surface area (Å²) in [5.74, 6) is -0.982. The third-order valence-electron chi connectivity index (χ3n) is 7.00. The lowest BCUT2D eigenvalue weighted by molar-refractivity contribution is -0.161. The number of hydrogen-bond donors (Lipinski definition) is 3. The lowest BCUT2D eigenvalue weighted by Crippen LogP contribution is -2.29. The molecule has 0 saturated carbocycles. The van der Waals surface area contributed by atoms with Crippen LogP contribution in [0.25, 0.3) is 0 Å². The molecule has 0 aliphatic heterocycles. The van der Waals surface area contributed by atoms with Gasteiger partial charge in [0.05, 0.1) is 19.8 Å². The van der Waals surface area contributed by atoms with E-state index in [1.54, 1.807) is 0 Å². The number of aliphatic hydroxyl groups is 2. The minimum absolute atomic E-state index is 0.131. The third kappa shape index (κ3) is 32.3. The van der Waals surface area contributed by atoms with Crippen LogP contribution >= 0.6 is 7.82 Å². The molecule has 0 rings (SSSR count). The minimum atomic E-state index is -4.62. The van der Waals surface area contributed by atoms with Crippen LogP contribution in [-0.4, -0.2) is 65.7 Å². The van der Waals surface area contributed by atoms with E-state index in [1.165, 1.54) is 32.1 Å². The monoisotopic (exact) mass is 686 g/mol. The first-order valence-corrected chi connectivity index (χ1v) is 19.1. The Bertz CT molecular complexity index is 931. The molecule has 0 amide bonds. The number of allylic oxidation sites excluding steroid dienone is 8. The number of phosphoric acid groups is 1. The van der Waals surface area contributed by atoms with Gasteiger partial charge in [-0.25, -0.2) is 4.57 Å². The van der Waals surface area contributed by atoms with Crippen LogP contribution in [0.2, 0.25) is 0 Å². The molecule has 3 N–H and O–H groups in total. The van der Waals surface area contributed by atoms with E-state index in [1.807, 2.05) is 0 Å². The zero-order valence-corrected chi connectivity index (χ0v) is 29.9. The van der Waals surface area contributed by atoms with Gasteiger partial charge in [-0.05, 0) is 51.4 Å². The molecule has 10 nitrogen and oxygen atoms in total. The lowest BCUT2D eigenvalue weighted by atomic mass is 10.1. The lowest BCUT2D eigenvalue weighted by Gasteiger charge is -2.20. The van der Waals surface area contributed by atoms with Gasteiger partial charge in [-0.3, -0.25) is 18.6 Å². The summed E-state index contributed by atoms with van der Waals surface area (Å²) in [6.07, 6.45) is 31.0. The number of phosphoric ester groups is 1. The van der Waals surface area contributed by atoms with Crippen molar-refractivity contribution in [2.45, 2.75) is 142 Å². The molecule has 0 saturated heterocycles. The van der Waals surface area contributed by atoms with Crippen molar-refractivity contribution in [3.05, 3.63) is 48.6 Å². The van der Waals surface area contributed by atoms with Crippen molar-refractivity contribution in [2.24, 2.45) is 0 Å². The molecule has 272 valence electrons. The van der Waals surface area contributed by atoms with Gasteiger partial charge in [0.2, 0.25) is 0 Å². The highest BCUT2D eigenvalue weighted by Crippen LogP contribution is 2.43. The van der Waals surface area contributed by atoms with Crippen LogP contribution in [0.1, 0.15) is 129 Å². The van der Waals surface area contributed by atoms with E-state index in [0.717, 1.165) is 57.8 Å². The standard InChI is InChI=1S/C36H63O10P/c1-3-5-7-9-11-13-14-15-16-17-18-20-22-24-26-28-36(40)46-34(32-45-47(41,42)44-30-33(38)29-37)31-43-35(39)27-25-23-21-19-12-10-8-6-4-2/h5,7,11,13,15-16,18,20,33-34,37-38H,3-4,6,8-10,12,14,17,19,21-32H2,1-2H3,(H,41,42)/b7-5-,13-11-,16-15-,20-18-/t33-,34+/m0/s1. The number of hydrogen-bond acceptors (Lipinski definition) is 9. The smallest absolute Gasteiger partial charge is 0.462 e. The van der Waals surface area contributed by atoms with Crippen LogP contribution in [0.15, 0.2) is 48.6 Å². The zero-order valence-electron chi connectivity index (χ0n) is 29.0. The number of esters is 2. The van der Waals surface area contributed by atoms with Gasteiger partial charge in [0.1, 0.15) is 12.7 Å². The molecular formula is C36H63O10P. The fraction of sp³-hybridized carbons (Fsp3) is 0.722. The average molecular weight is 687 g/mol. The molecule has 0 aliphatic carbocycles. The summed E-state index contributed by atoms with van der Waals surface area (Å²) in [5, 5.41) is 18.2. The maximum Gasteiger partial charge on any atom is 0.472 e. The SMILES string of the molecule is CC/C=C\C/C=C\C/C=C\C/C=C\CCCCC(=O)O[C@H](COC(=O)CCCCCCCCCCC)COP(=O)(O)OC[C@@H](O)CO. The highest BCUT2D eigenvalue weighted by atomic mass is 31.2. The van der Waals surface area contributed by atoms with Gasteiger partial charge in [-0.2, -0.15) is 0 Å². The summed E-state index contributed by atoms with van der Waals surface area (Å²) >= 11 is 0. The Kier molecular flexibility index (Phi) is 31.0. The molecule has 0 aliphatic rings. The van der Waals surface area contributed by atoms with E-state index in [0.29, 0.717) is 12.8 Å². The molecule has 0 heterocycles. The number of carbonyl (C=O) groups excluding carboxylic acids is 2. The molecule has 11 heteroatoms. The molecule has 0 radical (unpaired) electrons. The first kappa shape index (κ1) is 44.9. The Balaban J connectivity index is 4.50.